The molecule has 14 heteroatoms. The van der Waals surface area contributed by atoms with E-state index in [4.69, 9.17) is 0 Å². The van der Waals surface area contributed by atoms with Crippen LogP contribution in [0.3, 0.4) is 0 Å². The number of carbonyl (C=O) groups excluding carboxylic acids is 1. The van der Waals surface area contributed by atoms with Crippen molar-refractivity contribution >= 4 is 49.4 Å². The van der Waals surface area contributed by atoms with E-state index in [0.717, 1.165) is 17.0 Å². The molecule has 0 aliphatic heterocycles. The van der Waals surface area contributed by atoms with Gasteiger partial charge >= 0.3 is 11.7 Å². The maximum absolute atomic E-state index is 14.9. The molecule has 45 heavy (non-hydrogen) atoms. The number of para-hydroxylation sites is 1. The van der Waals surface area contributed by atoms with Gasteiger partial charge in [-0.15, -0.1) is 0 Å². The molecule has 0 radical (unpaired) electrons. The number of halogens is 3. The van der Waals surface area contributed by atoms with Gasteiger partial charge in [0.05, 0.1) is 22.3 Å². The van der Waals surface area contributed by atoms with Gasteiger partial charge < -0.3 is 15.0 Å². The standard InChI is InChI=1S/C31H25F3N4O6S/c1-16-12-19(37-45(43,44)31(33)34)15-23(32)26(16)28(39)36-24(30(41)42)14-17-9-10-21(27-20(17)7-5-11-35-27)22-13-18-6-3-4-8-25(18)38(2)29(22)40/h3-13,15,24,31,37H,14H2,1-2H3,(H,36,39)(H,41,42)/t24-/m0/s1. The van der Waals surface area contributed by atoms with Crippen molar-refractivity contribution in [2.45, 2.75) is 25.1 Å². The summed E-state index contributed by atoms with van der Waals surface area (Å²) < 4.78 is 66.4. The predicted molar refractivity (Wildman–Crippen MR) is 162 cm³/mol. The summed E-state index contributed by atoms with van der Waals surface area (Å²) >= 11 is 0. The number of fused-ring (bicyclic) bond motifs is 2. The molecular weight excluding hydrogens is 613 g/mol. The van der Waals surface area contributed by atoms with E-state index in [0.29, 0.717) is 33.7 Å². The zero-order valence-corrected chi connectivity index (χ0v) is 24.5. The SMILES string of the molecule is Cc1cc(NS(=O)(=O)C(F)F)cc(F)c1C(=O)N[C@@H](Cc1ccc(-c2cc3ccccc3n(C)c2=O)c2ncccc12)C(=O)O. The van der Waals surface area contributed by atoms with Crippen LogP contribution in [0.2, 0.25) is 0 Å². The highest BCUT2D eigenvalue weighted by Crippen LogP contribution is 2.30. The third kappa shape index (κ3) is 6.09. The number of aryl methyl sites for hydroxylation is 2. The number of sulfonamides is 1. The van der Waals surface area contributed by atoms with Crippen LogP contribution in [-0.2, 0) is 28.3 Å². The number of aromatic nitrogens is 2. The monoisotopic (exact) mass is 638 g/mol. The summed E-state index contributed by atoms with van der Waals surface area (Å²) in [5, 5.41) is 13.6. The Hall–Kier alpha value is -5.24. The van der Waals surface area contributed by atoms with Crippen molar-refractivity contribution in [1.29, 1.82) is 0 Å². The van der Waals surface area contributed by atoms with Gasteiger partial charge in [-0.1, -0.05) is 36.4 Å². The van der Waals surface area contributed by atoms with Crippen LogP contribution in [0.25, 0.3) is 32.9 Å². The summed E-state index contributed by atoms with van der Waals surface area (Å²) in [7, 11) is -3.42. The summed E-state index contributed by atoms with van der Waals surface area (Å²) in [5.74, 6) is -7.55. The Morgan fingerprint density at radius 1 is 1.02 bits per heavy atom. The highest BCUT2D eigenvalue weighted by molar-refractivity contribution is 7.93. The first-order valence-electron chi connectivity index (χ1n) is 13.4. The molecule has 3 aromatic carbocycles. The number of nitrogens with one attached hydrogen (secondary N) is 2. The van der Waals surface area contributed by atoms with Crippen molar-refractivity contribution in [3.05, 3.63) is 106 Å². The molecular formula is C31H25F3N4O6S. The van der Waals surface area contributed by atoms with E-state index in [1.54, 1.807) is 37.4 Å². The maximum Gasteiger partial charge on any atom is 0.355 e. The zero-order chi connectivity index (χ0) is 32.6. The normalized spacial score (nSPS) is 12.4. The fourth-order valence-electron chi connectivity index (χ4n) is 5.19. The molecule has 5 aromatic rings. The number of carboxylic acid groups (broad SMARTS) is 1. The Bertz CT molecular complexity index is 2150. The third-order valence-electron chi connectivity index (χ3n) is 7.32. The Morgan fingerprint density at radius 2 is 1.76 bits per heavy atom. The Kier molecular flexibility index (Phi) is 8.34. The van der Waals surface area contributed by atoms with Gasteiger partial charge in [0.1, 0.15) is 11.9 Å². The number of benzene rings is 3. The third-order valence-corrected chi connectivity index (χ3v) is 8.31. The molecule has 0 aliphatic carbocycles. The van der Waals surface area contributed by atoms with Gasteiger partial charge in [-0.25, -0.2) is 17.6 Å². The predicted octanol–water partition coefficient (Wildman–Crippen LogP) is 4.59. The second kappa shape index (κ2) is 12.0. The molecule has 0 bridgehead atoms. The van der Waals surface area contributed by atoms with Gasteiger partial charge in [-0.3, -0.25) is 19.3 Å². The first-order chi connectivity index (χ1) is 21.3. The number of aliphatic carboxylic acids is 1. The minimum absolute atomic E-state index is 0.125. The number of pyridine rings is 2. The zero-order valence-electron chi connectivity index (χ0n) is 23.7. The lowest BCUT2D eigenvalue weighted by molar-refractivity contribution is -0.139. The molecule has 232 valence electrons. The smallest absolute Gasteiger partial charge is 0.355 e. The van der Waals surface area contributed by atoms with Crippen LogP contribution in [0.5, 0.6) is 0 Å². The van der Waals surface area contributed by atoms with E-state index in [1.807, 2.05) is 24.3 Å². The van der Waals surface area contributed by atoms with E-state index in [1.165, 1.54) is 22.4 Å². The fourth-order valence-corrected chi connectivity index (χ4v) is 5.73. The van der Waals surface area contributed by atoms with Crippen molar-refractivity contribution < 1.29 is 36.3 Å². The van der Waals surface area contributed by atoms with Crippen LogP contribution < -0.4 is 15.6 Å². The minimum Gasteiger partial charge on any atom is -0.480 e. The largest absolute Gasteiger partial charge is 0.480 e. The number of rotatable bonds is 9. The summed E-state index contributed by atoms with van der Waals surface area (Å²) in [6.07, 6.45) is 1.29. The van der Waals surface area contributed by atoms with E-state index in [9.17, 15) is 41.1 Å². The fraction of sp³-hybridized carbons (Fsp3) is 0.161. The van der Waals surface area contributed by atoms with Crippen molar-refractivity contribution in [2.75, 3.05) is 4.72 Å². The van der Waals surface area contributed by atoms with Crippen molar-refractivity contribution in [3.8, 4) is 11.1 Å². The lowest BCUT2D eigenvalue weighted by Crippen LogP contribution is -2.43. The Balaban J connectivity index is 1.47. The first-order valence-corrected chi connectivity index (χ1v) is 14.9. The summed E-state index contributed by atoms with van der Waals surface area (Å²) in [5.41, 5.74) is 1.07. The molecule has 0 saturated heterocycles. The number of carboxylic acids is 1. The van der Waals surface area contributed by atoms with E-state index in [-0.39, 0.29) is 17.5 Å². The average Bonchev–Trinajstić information content (AvgIpc) is 2.98. The Morgan fingerprint density at radius 3 is 2.44 bits per heavy atom. The molecule has 0 spiro atoms. The maximum atomic E-state index is 14.9. The molecule has 10 nitrogen and oxygen atoms in total. The van der Waals surface area contributed by atoms with E-state index >= 15 is 0 Å². The van der Waals surface area contributed by atoms with Gasteiger partial charge in [0.25, 0.3) is 21.5 Å². The number of nitrogens with zero attached hydrogens (tertiary/aromatic N) is 2. The van der Waals surface area contributed by atoms with Gasteiger partial charge in [0, 0.05) is 36.2 Å². The summed E-state index contributed by atoms with van der Waals surface area (Å²) in [4.78, 5) is 43.1. The van der Waals surface area contributed by atoms with Gasteiger partial charge in [-0.05, 0) is 53.8 Å². The van der Waals surface area contributed by atoms with Crippen LogP contribution in [0.4, 0.5) is 18.9 Å². The molecule has 5 rings (SSSR count). The number of carbonyl (C=O) groups is 2. The van der Waals surface area contributed by atoms with Crippen LogP contribution >= 0.6 is 0 Å². The number of amides is 1. The number of alkyl halides is 2. The first kappa shape index (κ1) is 31.2. The minimum atomic E-state index is -5.09. The summed E-state index contributed by atoms with van der Waals surface area (Å²) in [6, 6.07) is 15.8. The van der Waals surface area contributed by atoms with Crippen molar-refractivity contribution in [3.63, 3.8) is 0 Å². The topological polar surface area (TPSA) is 147 Å². The van der Waals surface area contributed by atoms with Crippen molar-refractivity contribution in [2.24, 2.45) is 7.05 Å². The van der Waals surface area contributed by atoms with Crippen LogP contribution in [-0.4, -0.2) is 46.8 Å². The molecule has 0 saturated carbocycles. The van der Waals surface area contributed by atoms with Crippen LogP contribution in [0.1, 0.15) is 21.5 Å². The summed E-state index contributed by atoms with van der Waals surface area (Å²) in [6.45, 7) is 1.24. The highest BCUT2D eigenvalue weighted by Gasteiger charge is 2.28. The molecule has 1 atom stereocenters. The second-order valence-corrected chi connectivity index (χ2v) is 11.9. The number of hydrogen-bond donors (Lipinski definition) is 3. The molecule has 3 N–H and O–H groups in total. The Labute approximate surface area is 254 Å². The number of anilines is 1. The number of hydrogen-bond acceptors (Lipinski definition) is 6. The molecule has 0 fully saturated rings. The van der Waals surface area contributed by atoms with Gasteiger partial charge in [-0.2, -0.15) is 8.78 Å². The lowest BCUT2D eigenvalue weighted by Gasteiger charge is -2.18. The van der Waals surface area contributed by atoms with Gasteiger partial charge in [0.15, 0.2) is 0 Å². The second-order valence-electron chi connectivity index (χ2n) is 10.3. The molecule has 1 amide bonds. The molecule has 2 heterocycles. The average molecular weight is 639 g/mol. The molecule has 0 aliphatic rings. The van der Waals surface area contributed by atoms with Crippen molar-refractivity contribution in [1.82, 2.24) is 14.9 Å². The molecule has 0 unspecified atom stereocenters. The van der Waals surface area contributed by atoms with Crippen LogP contribution in [0, 0.1) is 12.7 Å². The lowest BCUT2D eigenvalue weighted by atomic mass is 9.95. The van der Waals surface area contributed by atoms with Gasteiger partial charge in [0.2, 0.25) is 0 Å². The van der Waals surface area contributed by atoms with E-state index in [2.05, 4.69) is 10.3 Å². The quantitative estimate of drug-likeness (QED) is 0.214. The van der Waals surface area contributed by atoms with E-state index < -0.39 is 50.8 Å². The highest BCUT2D eigenvalue weighted by atomic mass is 32.2. The van der Waals surface area contributed by atoms with Crippen LogP contribution in [0.15, 0.2) is 77.7 Å². The molecule has 2 aromatic heterocycles.